The SMILES string of the molecule is COc1ccc(-c2ccc(Oc3ccccc3C)c(NC(=O)Nc3cccc(C)c3)c2)cc1C(=O)O. The second-order valence-electron chi connectivity index (χ2n) is 8.25. The maximum Gasteiger partial charge on any atom is 0.339 e. The first-order chi connectivity index (χ1) is 17.3. The molecule has 0 radical (unpaired) electrons. The lowest BCUT2D eigenvalue weighted by molar-refractivity contribution is 0.0693. The first-order valence-corrected chi connectivity index (χ1v) is 11.3. The largest absolute Gasteiger partial charge is 0.496 e. The lowest BCUT2D eigenvalue weighted by Crippen LogP contribution is -2.19. The van der Waals surface area contributed by atoms with Crippen molar-refractivity contribution in [1.82, 2.24) is 0 Å². The van der Waals surface area contributed by atoms with Gasteiger partial charge in [0, 0.05) is 5.69 Å². The van der Waals surface area contributed by atoms with Gasteiger partial charge in [0.25, 0.3) is 0 Å². The van der Waals surface area contributed by atoms with Gasteiger partial charge in [0.1, 0.15) is 17.1 Å². The van der Waals surface area contributed by atoms with E-state index in [4.69, 9.17) is 9.47 Å². The van der Waals surface area contributed by atoms with Crippen LogP contribution in [0.15, 0.2) is 84.9 Å². The Morgan fingerprint density at radius 2 is 1.47 bits per heavy atom. The fourth-order valence-electron chi connectivity index (χ4n) is 3.75. The minimum atomic E-state index is -1.09. The summed E-state index contributed by atoms with van der Waals surface area (Å²) in [6, 6.07) is 24.8. The predicted octanol–water partition coefficient (Wildman–Crippen LogP) is 7.11. The van der Waals surface area contributed by atoms with Crippen LogP contribution in [0.3, 0.4) is 0 Å². The van der Waals surface area contributed by atoms with Gasteiger partial charge >= 0.3 is 12.0 Å². The van der Waals surface area contributed by atoms with E-state index in [0.29, 0.717) is 34.0 Å². The second-order valence-corrected chi connectivity index (χ2v) is 8.25. The Labute approximate surface area is 209 Å². The first-order valence-electron chi connectivity index (χ1n) is 11.3. The standard InChI is InChI=1S/C29H26N2O5/c1-18-7-6-9-22(15-18)30-29(34)31-24-17-21(20-11-13-26(35-3)23(16-20)28(32)33)12-14-27(24)36-25-10-5-4-8-19(25)2/h4-17H,1-3H3,(H,32,33)(H2,30,31,34). The van der Waals surface area contributed by atoms with Crippen molar-refractivity contribution in [2.75, 3.05) is 17.7 Å². The van der Waals surface area contributed by atoms with Crippen LogP contribution in [0.1, 0.15) is 21.5 Å². The normalized spacial score (nSPS) is 10.4. The zero-order chi connectivity index (χ0) is 25.7. The predicted molar refractivity (Wildman–Crippen MR) is 140 cm³/mol. The number of hydrogen-bond acceptors (Lipinski definition) is 4. The van der Waals surface area contributed by atoms with Crippen LogP contribution in [0, 0.1) is 13.8 Å². The van der Waals surface area contributed by atoms with E-state index in [0.717, 1.165) is 11.1 Å². The minimum Gasteiger partial charge on any atom is -0.496 e. The third kappa shape index (κ3) is 5.64. The molecular formula is C29H26N2O5. The van der Waals surface area contributed by atoms with Crippen molar-refractivity contribution >= 4 is 23.4 Å². The number of ether oxygens (including phenoxy) is 2. The summed E-state index contributed by atoms with van der Waals surface area (Å²) in [6.45, 7) is 3.88. The number of methoxy groups -OCH3 is 1. The number of carboxylic acid groups (broad SMARTS) is 1. The number of urea groups is 1. The number of aryl methyl sites for hydroxylation is 2. The third-order valence-corrected chi connectivity index (χ3v) is 5.58. The van der Waals surface area contributed by atoms with Crippen molar-refractivity contribution in [1.29, 1.82) is 0 Å². The van der Waals surface area contributed by atoms with Gasteiger partial charge < -0.3 is 25.2 Å². The van der Waals surface area contributed by atoms with Gasteiger partial charge in [-0.05, 0) is 78.6 Å². The lowest BCUT2D eigenvalue weighted by atomic mass is 10.0. The summed E-state index contributed by atoms with van der Waals surface area (Å²) >= 11 is 0. The zero-order valence-corrected chi connectivity index (χ0v) is 20.2. The highest BCUT2D eigenvalue weighted by Gasteiger charge is 2.16. The number of anilines is 2. The molecule has 3 N–H and O–H groups in total. The number of aromatic carboxylic acids is 1. The fourth-order valence-corrected chi connectivity index (χ4v) is 3.75. The first kappa shape index (κ1) is 24.3. The topological polar surface area (TPSA) is 96.9 Å². The molecule has 0 saturated heterocycles. The van der Waals surface area contributed by atoms with Gasteiger partial charge in [0.05, 0.1) is 12.8 Å². The smallest absolute Gasteiger partial charge is 0.339 e. The average molecular weight is 483 g/mol. The molecule has 0 bridgehead atoms. The van der Waals surface area contributed by atoms with Gasteiger partial charge in [-0.1, -0.05) is 42.5 Å². The summed E-state index contributed by atoms with van der Waals surface area (Å²) < 4.78 is 11.3. The Kier molecular flexibility index (Phi) is 7.20. The molecule has 0 unspecified atom stereocenters. The number of rotatable bonds is 7. The molecule has 0 atom stereocenters. The van der Waals surface area contributed by atoms with Gasteiger partial charge in [0.15, 0.2) is 5.75 Å². The summed E-state index contributed by atoms with van der Waals surface area (Å²) in [5.74, 6) is 0.273. The highest BCUT2D eigenvalue weighted by molar-refractivity contribution is 6.01. The number of para-hydroxylation sites is 1. The van der Waals surface area contributed by atoms with Gasteiger partial charge in [-0.25, -0.2) is 9.59 Å². The number of hydrogen-bond donors (Lipinski definition) is 3. The monoisotopic (exact) mass is 482 g/mol. The lowest BCUT2D eigenvalue weighted by Gasteiger charge is -2.16. The Balaban J connectivity index is 1.70. The molecule has 4 aromatic rings. The van der Waals surface area contributed by atoms with E-state index < -0.39 is 12.0 Å². The molecule has 182 valence electrons. The molecule has 2 amide bonds. The van der Waals surface area contributed by atoms with Crippen LogP contribution in [0.2, 0.25) is 0 Å². The Morgan fingerprint density at radius 3 is 2.17 bits per heavy atom. The number of amides is 2. The summed E-state index contributed by atoms with van der Waals surface area (Å²) in [4.78, 5) is 24.6. The Morgan fingerprint density at radius 1 is 0.750 bits per heavy atom. The highest BCUT2D eigenvalue weighted by atomic mass is 16.5. The van der Waals surface area contributed by atoms with Gasteiger partial charge in [-0.2, -0.15) is 0 Å². The molecule has 36 heavy (non-hydrogen) atoms. The average Bonchev–Trinajstić information content (AvgIpc) is 2.86. The molecule has 7 nitrogen and oxygen atoms in total. The molecule has 7 heteroatoms. The molecule has 0 aliphatic rings. The van der Waals surface area contributed by atoms with E-state index in [9.17, 15) is 14.7 Å². The van der Waals surface area contributed by atoms with E-state index in [1.54, 1.807) is 30.3 Å². The molecule has 0 aliphatic carbocycles. The highest BCUT2D eigenvalue weighted by Crippen LogP contribution is 2.36. The molecule has 0 heterocycles. The van der Waals surface area contributed by atoms with E-state index >= 15 is 0 Å². The number of carbonyl (C=O) groups is 2. The molecule has 0 spiro atoms. The van der Waals surface area contributed by atoms with Crippen molar-refractivity contribution in [3.8, 4) is 28.4 Å². The summed E-state index contributed by atoms with van der Waals surface area (Å²) in [5.41, 5.74) is 4.44. The molecule has 4 aromatic carbocycles. The Bertz CT molecular complexity index is 1430. The molecule has 0 aromatic heterocycles. The van der Waals surface area contributed by atoms with Crippen LogP contribution < -0.4 is 20.1 Å². The molecular weight excluding hydrogens is 456 g/mol. The van der Waals surface area contributed by atoms with Crippen molar-refractivity contribution in [2.45, 2.75) is 13.8 Å². The second kappa shape index (κ2) is 10.7. The van der Waals surface area contributed by atoms with E-state index in [1.165, 1.54) is 13.2 Å². The quantitative estimate of drug-likeness (QED) is 0.261. The van der Waals surface area contributed by atoms with Crippen LogP contribution in [0.5, 0.6) is 17.2 Å². The van der Waals surface area contributed by atoms with Crippen LogP contribution in [0.25, 0.3) is 11.1 Å². The maximum absolute atomic E-state index is 12.9. The summed E-state index contributed by atoms with van der Waals surface area (Å²) in [5, 5.41) is 15.3. The van der Waals surface area contributed by atoms with Gasteiger partial charge in [0.2, 0.25) is 0 Å². The summed E-state index contributed by atoms with van der Waals surface area (Å²) in [7, 11) is 1.42. The zero-order valence-electron chi connectivity index (χ0n) is 20.2. The van der Waals surface area contributed by atoms with E-state index in [2.05, 4.69) is 10.6 Å². The number of benzene rings is 4. The molecule has 0 saturated carbocycles. The number of carbonyl (C=O) groups excluding carboxylic acids is 1. The molecule has 4 rings (SSSR count). The van der Waals surface area contributed by atoms with Gasteiger partial charge in [-0.3, -0.25) is 0 Å². The van der Waals surface area contributed by atoms with Crippen LogP contribution in [-0.2, 0) is 0 Å². The molecule has 0 fully saturated rings. The maximum atomic E-state index is 12.9. The number of nitrogens with one attached hydrogen (secondary N) is 2. The summed E-state index contributed by atoms with van der Waals surface area (Å²) in [6.07, 6.45) is 0. The fraction of sp³-hybridized carbons (Fsp3) is 0.103. The number of carboxylic acids is 1. The third-order valence-electron chi connectivity index (χ3n) is 5.58. The molecule has 0 aliphatic heterocycles. The van der Waals surface area contributed by atoms with E-state index in [-0.39, 0.29) is 11.3 Å². The van der Waals surface area contributed by atoms with Crippen molar-refractivity contribution in [3.63, 3.8) is 0 Å². The Hall–Kier alpha value is -4.78. The van der Waals surface area contributed by atoms with Crippen LogP contribution in [-0.4, -0.2) is 24.2 Å². The van der Waals surface area contributed by atoms with Crippen molar-refractivity contribution in [3.05, 3.63) is 102 Å². The van der Waals surface area contributed by atoms with Crippen molar-refractivity contribution < 1.29 is 24.2 Å². The van der Waals surface area contributed by atoms with E-state index in [1.807, 2.05) is 62.4 Å². The van der Waals surface area contributed by atoms with Gasteiger partial charge in [-0.15, -0.1) is 0 Å². The van der Waals surface area contributed by atoms with Crippen LogP contribution in [0.4, 0.5) is 16.2 Å². The van der Waals surface area contributed by atoms with Crippen molar-refractivity contribution in [2.24, 2.45) is 0 Å². The van der Waals surface area contributed by atoms with Crippen LogP contribution >= 0.6 is 0 Å². The minimum absolute atomic E-state index is 0.0435.